The molecule has 6 aliphatic rings. The van der Waals surface area contributed by atoms with Gasteiger partial charge in [0.2, 0.25) is 11.6 Å². The fourth-order valence-electron chi connectivity index (χ4n) is 10.9. The minimum absolute atomic E-state index is 0.0115. The predicted octanol–water partition coefficient (Wildman–Crippen LogP) is 6.57. The molecular formula is C57H70N6O19S. The number of hydrogen-bond acceptors (Lipinski definition) is 21. The molecule has 5 aliphatic heterocycles. The highest BCUT2D eigenvalue weighted by molar-refractivity contribution is 8.04. The molecule has 6 heterocycles. The normalized spacial score (nSPS) is 30.2. The number of ketones is 3. The minimum atomic E-state index is -2.17. The number of amides is 1. The summed E-state index contributed by atoms with van der Waals surface area (Å²) < 4.78 is 54.9. The minimum Gasteiger partial charge on any atom is -0.507 e. The zero-order chi connectivity index (χ0) is 61.0. The van der Waals surface area contributed by atoms with Crippen LogP contribution in [0.5, 0.6) is 11.5 Å². The van der Waals surface area contributed by atoms with Gasteiger partial charge in [-0.15, -0.1) is 11.8 Å². The van der Waals surface area contributed by atoms with E-state index in [1.165, 1.54) is 66.3 Å². The van der Waals surface area contributed by atoms with Crippen LogP contribution in [0, 0.1) is 37.5 Å². The molecule has 0 spiro atoms. The average molecular weight is 1180 g/mol. The number of nitrogens with zero attached hydrogens (tertiary/aromatic N) is 4. The number of methoxy groups -OCH3 is 1. The van der Waals surface area contributed by atoms with Crippen molar-refractivity contribution < 1.29 is 81.3 Å². The Morgan fingerprint density at radius 1 is 0.916 bits per heavy atom. The summed E-state index contributed by atoms with van der Waals surface area (Å²) in [5.74, 6) is -11.4. The number of aryl methyl sites for hydroxylation is 1. The molecule has 1 amide bonds. The van der Waals surface area contributed by atoms with Crippen LogP contribution in [0.1, 0.15) is 136 Å². The number of Topliss-reactive ketones (excluding diaryl/α,β-unsaturated/α-hetero) is 3. The van der Waals surface area contributed by atoms with E-state index in [9.17, 15) is 48.3 Å². The maximum absolute atomic E-state index is 14.9. The van der Waals surface area contributed by atoms with Crippen LogP contribution in [0.15, 0.2) is 67.6 Å². The Balaban J connectivity index is 1.10. The Kier molecular flexibility index (Phi) is 19.9. The number of carbonyl (C=O) groups excluding carboxylic acids is 7. The van der Waals surface area contributed by atoms with Crippen LogP contribution in [-0.2, 0) is 57.1 Å². The zero-order valence-electron chi connectivity index (χ0n) is 48.3. The first-order chi connectivity index (χ1) is 39.1. The summed E-state index contributed by atoms with van der Waals surface area (Å²) in [6, 6.07) is -0.818. The molecule has 7 bridgehead atoms. The maximum Gasteiger partial charge on any atom is 0.330 e. The third kappa shape index (κ3) is 13.7. The number of phenols is 1. The van der Waals surface area contributed by atoms with Crippen LogP contribution >= 0.6 is 11.8 Å². The van der Waals surface area contributed by atoms with Gasteiger partial charge in [0, 0.05) is 97.5 Å². The van der Waals surface area contributed by atoms with E-state index in [1.807, 2.05) is 33.8 Å². The van der Waals surface area contributed by atoms with E-state index in [-0.39, 0.29) is 89.4 Å². The molecule has 26 heteroatoms. The van der Waals surface area contributed by atoms with Gasteiger partial charge in [-0.3, -0.25) is 47.9 Å². The van der Waals surface area contributed by atoms with Gasteiger partial charge in [0.1, 0.15) is 48.8 Å². The zero-order valence-corrected chi connectivity index (χ0v) is 49.1. The van der Waals surface area contributed by atoms with Crippen LogP contribution in [0.25, 0.3) is 10.4 Å². The Morgan fingerprint density at radius 3 is 2.28 bits per heavy atom. The lowest BCUT2D eigenvalue weighted by atomic mass is 9.77. The topological polar surface area (TPSA) is 338 Å². The number of aromatic hydroxyl groups is 1. The fourth-order valence-corrected chi connectivity index (χ4v) is 11.8. The molecule has 2 fully saturated rings. The van der Waals surface area contributed by atoms with Crippen molar-refractivity contribution in [2.75, 3.05) is 26.1 Å². The summed E-state index contributed by atoms with van der Waals surface area (Å²) in [5.41, 5.74) is 6.17. The summed E-state index contributed by atoms with van der Waals surface area (Å²) in [5, 5.41) is 18.0. The number of aromatic nitrogens is 2. The molecule has 448 valence electrons. The second-order valence-electron chi connectivity index (χ2n) is 21.8. The number of hydrogen-bond donors (Lipinski definition) is 3. The van der Waals surface area contributed by atoms with Gasteiger partial charge in [0.05, 0.1) is 52.2 Å². The summed E-state index contributed by atoms with van der Waals surface area (Å²) in [4.78, 5) is 126. The van der Waals surface area contributed by atoms with Crippen molar-refractivity contribution in [1.82, 2.24) is 14.9 Å². The molecular weight excluding hydrogens is 1100 g/mol. The van der Waals surface area contributed by atoms with Crippen molar-refractivity contribution in [3.05, 3.63) is 112 Å². The molecule has 0 saturated carbocycles. The van der Waals surface area contributed by atoms with E-state index in [1.54, 1.807) is 19.9 Å². The number of rotatable bonds is 14. The molecule has 83 heavy (non-hydrogen) atoms. The van der Waals surface area contributed by atoms with E-state index in [4.69, 9.17) is 48.2 Å². The van der Waals surface area contributed by atoms with Crippen LogP contribution in [0.3, 0.4) is 0 Å². The Bertz CT molecular complexity index is 3250. The first-order valence-electron chi connectivity index (χ1n) is 27.1. The molecule has 1 aromatic carbocycles. The average Bonchev–Trinajstić information content (AvgIpc) is 1.84. The van der Waals surface area contributed by atoms with E-state index in [0.717, 1.165) is 16.3 Å². The standard InChI is InChI=1S/C57H70N6O19S/c1-26-15-13-16-27(2)53(71)59-43-45(68)41-40(46(69)51(43)83-22-21-75-38(65)17-14-18-39(66)76-25-36-34(61-62-58)23-37(79-36)63-24-28(3)54(72)60-55(63)73)42-50(30(5)44(41)67)82-57(11,52(42)70)77-20-19-35(74-12)29(4)48(78-33(8)64)32(7)49-31(6)47(26)80-56(9,10)81-49/h13,15-16,19-20,24,26,29,31-32,34-37,47-49,67H,14,17-18,21-23,25H2,1-12H3,(H,59,71)(H,60,72,73)/b15-13+,20-19+,27-16-/t26-,29+,31+,32+,34-,35-,36+,37+,47-,48-,49+,57-/m0/s1. The van der Waals surface area contributed by atoms with Crippen molar-refractivity contribution in [1.29, 1.82) is 0 Å². The largest absolute Gasteiger partial charge is 0.507 e. The van der Waals surface area contributed by atoms with Gasteiger partial charge >= 0.3 is 29.4 Å². The SMILES string of the molecule is CO[C@H]1/C=C/O[C@@]2(C)Oc3c(C)c(O)c4c(c3C2=O)C(=O)C(SCCOC(=O)CCCC(=O)OC[C@H]2O[C@@H](n3cc(C)c(=O)[nH]c3=O)C[C@@H]2N=[N+]=[N-])=C(NC(=O)/C(C)=C\C=C\[C@H](C)[C@@H]2OC(C)(C)O[C@@H]([C@H](C)[C@@H](OC(C)=O)[C@@H]1C)[C@@H]2C)C4=O. The smallest absolute Gasteiger partial charge is 0.330 e. The van der Waals surface area contributed by atoms with Crippen LogP contribution in [0.4, 0.5) is 0 Å². The predicted molar refractivity (Wildman–Crippen MR) is 296 cm³/mol. The van der Waals surface area contributed by atoms with Gasteiger partial charge in [-0.05, 0) is 52.6 Å². The lowest BCUT2D eigenvalue weighted by Gasteiger charge is -2.50. The first-order valence-corrected chi connectivity index (χ1v) is 28.1. The third-order valence-corrected chi connectivity index (χ3v) is 16.3. The molecule has 12 atom stereocenters. The molecule has 25 nitrogen and oxygen atoms in total. The van der Waals surface area contributed by atoms with E-state index in [0.29, 0.717) is 0 Å². The summed E-state index contributed by atoms with van der Waals surface area (Å²) in [6.45, 7) is 17.6. The van der Waals surface area contributed by atoms with E-state index in [2.05, 4.69) is 20.3 Å². The van der Waals surface area contributed by atoms with Crippen molar-refractivity contribution in [3.63, 3.8) is 0 Å². The Hall–Kier alpha value is -7.35. The highest BCUT2D eigenvalue weighted by atomic mass is 32.2. The van der Waals surface area contributed by atoms with Gasteiger partial charge in [-0.25, -0.2) is 4.79 Å². The highest BCUT2D eigenvalue weighted by Crippen LogP contribution is 2.50. The maximum atomic E-state index is 14.9. The summed E-state index contributed by atoms with van der Waals surface area (Å²) >= 11 is 0.742. The van der Waals surface area contributed by atoms with Gasteiger partial charge in [0.25, 0.3) is 17.2 Å². The van der Waals surface area contributed by atoms with E-state index < -0.39 is 141 Å². The number of esters is 3. The van der Waals surface area contributed by atoms with Crippen molar-refractivity contribution >= 4 is 52.9 Å². The first kappa shape index (κ1) is 63.2. The molecule has 0 unspecified atom stereocenters. The third-order valence-electron chi connectivity index (χ3n) is 15.3. The lowest BCUT2D eigenvalue weighted by Crippen LogP contribution is -2.56. The monoisotopic (exact) mass is 1170 g/mol. The number of thioether (sulfide) groups is 1. The number of nitrogens with one attached hydrogen (secondary N) is 2. The summed E-state index contributed by atoms with van der Waals surface area (Å²) in [7, 11) is 1.46. The van der Waals surface area contributed by atoms with Crippen LogP contribution in [-0.4, -0.2) is 130 Å². The number of H-pyrrole nitrogens is 1. The van der Waals surface area contributed by atoms with Crippen molar-refractivity contribution in [2.45, 2.75) is 156 Å². The molecule has 0 radical (unpaired) electrons. The van der Waals surface area contributed by atoms with Crippen molar-refractivity contribution in [2.24, 2.45) is 28.8 Å². The quantitative estimate of drug-likeness (QED) is 0.0449. The number of carbonyl (C=O) groups is 7. The number of phenolic OH excluding ortho intramolecular Hbond substituents is 1. The van der Waals surface area contributed by atoms with Gasteiger partial charge < -0.3 is 53.1 Å². The van der Waals surface area contributed by atoms with Gasteiger partial charge in [-0.2, -0.15) is 0 Å². The highest BCUT2D eigenvalue weighted by Gasteiger charge is 2.53. The molecule has 1 aliphatic carbocycles. The fraction of sp³-hybridized carbons (Fsp3) is 0.561. The molecule has 2 aromatic rings. The second-order valence-corrected chi connectivity index (χ2v) is 22.9. The number of ether oxygens (including phenoxy) is 9. The van der Waals surface area contributed by atoms with Crippen molar-refractivity contribution in [3.8, 4) is 11.5 Å². The number of allylic oxidation sites excluding steroid dienone is 4. The number of benzene rings is 1. The lowest BCUT2D eigenvalue weighted by molar-refractivity contribution is -0.336. The molecule has 2 saturated heterocycles. The van der Waals surface area contributed by atoms with E-state index >= 15 is 0 Å². The van der Waals surface area contributed by atoms with Gasteiger partial charge in [-0.1, -0.05) is 51.0 Å². The van der Waals surface area contributed by atoms with Crippen LogP contribution < -0.4 is 21.3 Å². The summed E-state index contributed by atoms with van der Waals surface area (Å²) in [6.07, 6.45) is 4.25. The Labute approximate surface area is 482 Å². The Morgan fingerprint density at radius 2 is 1.60 bits per heavy atom. The number of fused-ring (bicyclic) bond motifs is 10. The second kappa shape index (κ2) is 26.1. The number of azide groups is 1. The number of aromatic amines is 1. The molecule has 8 rings (SSSR count). The van der Waals surface area contributed by atoms with Crippen LogP contribution in [0.2, 0.25) is 0 Å². The molecule has 1 aromatic heterocycles. The molecule has 3 N–H and O–H groups in total. The van der Waals surface area contributed by atoms with Gasteiger partial charge in [0.15, 0.2) is 5.79 Å².